The maximum atomic E-state index is 14.3. The van der Waals surface area contributed by atoms with Gasteiger partial charge in [0.25, 0.3) is 0 Å². The lowest BCUT2D eigenvalue weighted by Gasteiger charge is -2.35. The molecule has 0 bridgehead atoms. The van der Waals surface area contributed by atoms with Crippen LogP contribution < -0.4 is 0 Å². The molecule has 2 fully saturated rings. The minimum atomic E-state index is -0.952. The van der Waals surface area contributed by atoms with Gasteiger partial charge >= 0.3 is 5.97 Å². The van der Waals surface area contributed by atoms with Crippen LogP contribution in [0.25, 0.3) is 6.08 Å². The summed E-state index contributed by atoms with van der Waals surface area (Å²) in [5.41, 5.74) is 3.01. The number of nitrogens with zero attached hydrogens (tertiary/aromatic N) is 4. The van der Waals surface area contributed by atoms with Gasteiger partial charge < -0.3 is 19.5 Å². The summed E-state index contributed by atoms with van der Waals surface area (Å²) in [6.45, 7) is 5.97. The van der Waals surface area contributed by atoms with Gasteiger partial charge in [0.15, 0.2) is 0 Å². The largest absolute Gasteiger partial charge is 0.480 e. The summed E-state index contributed by atoms with van der Waals surface area (Å²) < 4.78 is 15.0. The Morgan fingerprint density at radius 3 is 2.60 bits per heavy atom. The number of hydrogen-bond acceptors (Lipinski definition) is 5. The van der Waals surface area contributed by atoms with E-state index >= 15 is 0 Å². The number of carboxylic acids is 1. The van der Waals surface area contributed by atoms with E-state index < -0.39 is 11.4 Å². The Bertz CT molecular complexity index is 1390. The number of hydrogen-bond donors (Lipinski definition) is 1. The number of carboxylic acid groups (broad SMARTS) is 1. The summed E-state index contributed by atoms with van der Waals surface area (Å²) in [6, 6.07) is 9.12. The zero-order valence-electron chi connectivity index (χ0n) is 22.7. The number of halogens is 1. The third kappa shape index (κ3) is 5.12. The van der Waals surface area contributed by atoms with Crippen molar-refractivity contribution < 1.29 is 19.1 Å². The number of aliphatic carboxylic acids is 1. The number of carbonyl (C=O) groups excluding carboxylic acids is 1. The molecule has 0 saturated carbocycles. The van der Waals surface area contributed by atoms with E-state index in [4.69, 9.17) is 0 Å². The van der Waals surface area contributed by atoms with Gasteiger partial charge in [-0.15, -0.1) is 0 Å². The van der Waals surface area contributed by atoms with Crippen molar-refractivity contribution in [3.05, 3.63) is 81.8 Å². The molecule has 2 aliphatic heterocycles. The zero-order chi connectivity index (χ0) is 27.9. The highest BCUT2D eigenvalue weighted by Gasteiger charge is 2.47. The Labute approximate surface area is 237 Å². The van der Waals surface area contributed by atoms with E-state index in [1.54, 1.807) is 28.0 Å². The molecule has 0 spiro atoms. The van der Waals surface area contributed by atoms with Crippen molar-refractivity contribution in [1.82, 2.24) is 19.4 Å². The quantitative estimate of drug-likeness (QED) is 0.440. The van der Waals surface area contributed by atoms with E-state index in [1.807, 2.05) is 36.1 Å². The molecule has 3 unspecified atom stereocenters. The Balaban J connectivity index is 1.18. The second-order valence-electron chi connectivity index (χ2n) is 11.7. The van der Waals surface area contributed by atoms with Gasteiger partial charge in [-0.3, -0.25) is 9.59 Å². The van der Waals surface area contributed by atoms with E-state index in [0.29, 0.717) is 42.7 Å². The molecule has 9 heteroatoms. The second-order valence-corrected chi connectivity index (χ2v) is 12.5. The van der Waals surface area contributed by atoms with Gasteiger partial charge in [0.1, 0.15) is 12.4 Å². The number of likely N-dealkylation sites (tertiary alicyclic amines) is 2. The fraction of sp³-hybridized carbons (Fsp3) is 0.452. The standard InChI is InChI=1S/C31H35FN4O3S/c1-31(11-2-3-27-29(31)36(20-33-27)18-28(37)38)30(39)35-16-24(26(17-35)23-10-14-40-19-23)15-34-12-8-22(9-13-34)21-4-6-25(32)7-5-21/h2-7,10,14,19-20,22,24,26H,8-9,11-13,15-18H2,1H3,(H,37,38). The monoisotopic (exact) mass is 562 g/mol. The van der Waals surface area contributed by atoms with Crippen LogP contribution in [0.1, 0.15) is 60.5 Å². The number of benzene rings is 1. The molecule has 0 radical (unpaired) electrons. The first-order valence-corrected chi connectivity index (χ1v) is 15.0. The van der Waals surface area contributed by atoms with Gasteiger partial charge in [-0.05, 0) is 97.3 Å². The van der Waals surface area contributed by atoms with E-state index in [9.17, 15) is 19.1 Å². The van der Waals surface area contributed by atoms with Crippen LogP contribution in [0.4, 0.5) is 4.39 Å². The fourth-order valence-corrected chi connectivity index (χ4v) is 7.75. The molecule has 2 aromatic heterocycles. The number of amides is 1. The van der Waals surface area contributed by atoms with Gasteiger partial charge in [-0.1, -0.05) is 18.2 Å². The van der Waals surface area contributed by atoms with Crippen molar-refractivity contribution in [2.24, 2.45) is 5.92 Å². The van der Waals surface area contributed by atoms with E-state index in [-0.39, 0.29) is 24.2 Å². The van der Waals surface area contributed by atoms with Crippen molar-refractivity contribution in [3.63, 3.8) is 0 Å². The molecule has 1 aromatic carbocycles. The summed E-state index contributed by atoms with van der Waals surface area (Å²) in [7, 11) is 0. The first kappa shape index (κ1) is 26.9. The third-order valence-electron chi connectivity index (χ3n) is 9.09. The molecule has 3 aromatic rings. The van der Waals surface area contributed by atoms with Crippen LogP contribution in [-0.4, -0.2) is 69.1 Å². The predicted octanol–water partition coefficient (Wildman–Crippen LogP) is 4.96. The average Bonchev–Trinajstić information content (AvgIpc) is 3.70. The lowest BCUT2D eigenvalue weighted by atomic mass is 9.77. The first-order chi connectivity index (χ1) is 19.3. The van der Waals surface area contributed by atoms with Crippen molar-refractivity contribution in [1.29, 1.82) is 0 Å². The number of allylic oxidation sites excluding steroid dienone is 1. The Kier molecular flexibility index (Phi) is 7.35. The van der Waals surface area contributed by atoms with Crippen molar-refractivity contribution in [2.75, 3.05) is 32.7 Å². The molecular formula is C31H35FN4O3S. The average molecular weight is 563 g/mol. The summed E-state index contributed by atoms with van der Waals surface area (Å²) in [5, 5.41) is 13.8. The molecular weight excluding hydrogens is 527 g/mol. The summed E-state index contributed by atoms with van der Waals surface area (Å²) in [5.74, 6) is -0.0744. The molecule has 3 aliphatic rings. The number of imidazole rings is 1. The molecule has 210 valence electrons. The highest BCUT2D eigenvalue weighted by Crippen LogP contribution is 2.41. The van der Waals surface area contributed by atoms with Crippen LogP contribution in [-0.2, 0) is 21.5 Å². The first-order valence-electron chi connectivity index (χ1n) is 14.0. The smallest absolute Gasteiger partial charge is 0.323 e. The minimum Gasteiger partial charge on any atom is -0.480 e. The number of rotatable bonds is 7. The lowest BCUT2D eigenvalue weighted by Crippen LogP contribution is -2.46. The third-order valence-corrected chi connectivity index (χ3v) is 9.79. The van der Waals surface area contributed by atoms with Gasteiger partial charge in [0.05, 0.1) is 23.1 Å². The van der Waals surface area contributed by atoms with Crippen LogP contribution in [0.5, 0.6) is 0 Å². The SMILES string of the molecule is CC1(C(=O)N2CC(CN3CCC(c4ccc(F)cc4)CC3)C(c3ccsc3)C2)CC=Cc2ncn(CC(=O)O)c21. The van der Waals surface area contributed by atoms with E-state index in [1.165, 1.54) is 17.5 Å². The summed E-state index contributed by atoms with van der Waals surface area (Å²) in [4.78, 5) is 34.7. The van der Waals surface area contributed by atoms with E-state index in [0.717, 1.165) is 32.5 Å². The Morgan fingerprint density at radius 2 is 1.90 bits per heavy atom. The molecule has 6 rings (SSSR count). The van der Waals surface area contributed by atoms with Crippen molar-refractivity contribution in [2.45, 2.75) is 50.0 Å². The Hall–Kier alpha value is -3.30. The van der Waals surface area contributed by atoms with Crippen LogP contribution >= 0.6 is 11.3 Å². The molecule has 7 nitrogen and oxygen atoms in total. The van der Waals surface area contributed by atoms with Crippen LogP contribution in [0.15, 0.2) is 53.5 Å². The van der Waals surface area contributed by atoms with Crippen LogP contribution in [0.3, 0.4) is 0 Å². The fourth-order valence-electron chi connectivity index (χ4n) is 7.03. The molecule has 4 heterocycles. The minimum absolute atomic E-state index is 0.0444. The second kappa shape index (κ2) is 10.9. The van der Waals surface area contributed by atoms with Gasteiger partial charge in [-0.25, -0.2) is 9.37 Å². The van der Waals surface area contributed by atoms with Crippen LogP contribution in [0.2, 0.25) is 0 Å². The molecule has 40 heavy (non-hydrogen) atoms. The number of aromatic nitrogens is 2. The Morgan fingerprint density at radius 1 is 1.12 bits per heavy atom. The highest BCUT2D eigenvalue weighted by molar-refractivity contribution is 7.08. The molecule has 1 amide bonds. The van der Waals surface area contributed by atoms with E-state index in [2.05, 4.69) is 26.7 Å². The normalized spacial score (nSPS) is 25.3. The van der Waals surface area contributed by atoms with Crippen molar-refractivity contribution in [3.8, 4) is 0 Å². The van der Waals surface area contributed by atoms with Crippen LogP contribution in [0, 0.1) is 11.7 Å². The van der Waals surface area contributed by atoms with Gasteiger partial charge in [0.2, 0.25) is 5.91 Å². The maximum Gasteiger partial charge on any atom is 0.323 e. The predicted molar refractivity (Wildman–Crippen MR) is 153 cm³/mol. The van der Waals surface area contributed by atoms with Gasteiger partial charge in [0, 0.05) is 25.6 Å². The number of piperidine rings is 1. The van der Waals surface area contributed by atoms with Gasteiger partial charge in [-0.2, -0.15) is 11.3 Å². The highest BCUT2D eigenvalue weighted by atomic mass is 32.1. The maximum absolute atomic E-state index is 14.3. The number of fused-ring (bicyclic) bond motifs is 1. The number of carbonyl (C=O) groups is 2. The van der Waals surface area contributed by atoms with Crippen molar-refractivity contribution >= 4 is 29.3 Å². The molecule has 2 saturated heterocycles. The molecule has 3 atom stereocenters. The zero-order valence-corrected chi connectivity index (χ0v) is 23.5. The topological polar surface area (TPSA) is 78.7 Å². The molecule has 1 N–H and O–H groups in total. The number of thiophene rings is 1. The summed E-state index contributed by atoms with van der Waals surface area (Å²) in [6.07, 6.45) is 8.02. The molecule has 1 aliphatic carbocycles. The summed E-state index contributed by atoms with van der Waals surface area (Å²) >= 11 is 1.69. The lowest BCUT2D eigenvalue weighted by molar-refractivity contribution is -0.139.